The van der Waals surface area contributed by atoms with Crippen LogP contribution in [0.15, 0.2) is 30.6 Å². The Morgan fingerprint density at radius 2 is 1.96 bits per heavy atom. The molecule has 2 aromatic heterocycles. The van der Waals surface area contributed by atoms with Gasteiger partial charge in [-0.25, -0.2) is 4.52 Å². The average molecular weight is 353 g/mol. The number of aromatic nitrogens is 2. The minimum atomic E-state index is -0.616. The Bertz CT molecular complexity index is 832. The van der Waals surface area contributed by atoms with Crippen LogP contribution in [-0.4, -0.2) is 44.2 Å². The largest absolute Gasteiger partial charge is 0.390 e. The van der Waals surface area contributed by atoms with Crippen molar-refractivity contribution in [1.29, 1.82) is 0 Å². The molecule has 0 aromatic carbocycles. The van der Waals surface area contributed by atoms with Crippen LogP contribution in [0.2, 0.25) is 0 Å². The van der Waals surface area contributed by atoms with Gasteiger partial charge in [0, 0.05) is 36.2 Å². The van der Waals surface area contributed by atoms with Crippen LogP contribution >= 0.6 is 0 Å². The van der Waals surface area contributed by atoms with Gasteiger partial charge in [-0.05, 0) is 63.5 Å². The minimum Gasteiger partial charge on any atom is -0.390 e. The van der Waals surface area contributed by atoms with E-state index in [0.29, 0.717) is 24.2 Å². The van der Waals surface area contributed by atoms with Crippen molar-refractivity contribution in [2.75, 3.05) is 13.1 Å². The molecule has 1 aliphatic heterocycles. The first kappa shape index (κ1) is 16.3. The summed E-state index contributed by atoms with van der Waals surface area (Å²) in [6.45, 7) is 3.67. The maximum absolute atomic E-state index is 12.5. The topological polar surface area (TPSA) is 57.8 Å². The highest BCUT2D eigenvalue weighted by Crippen LogP contribution is 2.50. The highest BCUT2D eigenvalue weighted by molar-refractivity contribution is 5.81. The third-order valence-electron chi connectivity index (χ3n) is 7.03. The molecule has 0 bridgehead atoms. The van der Waals surface area contributed by atoms with Crippen molar-refractivity contribution in [2.24, 2.45) is 11.3 Å². The van der Waals surface area contributed by atoms with Crippen molar-refractivity contribution in [3.05, 3.63) is 36.2 Å². The lowest BCUT2D eigenvalue weighted by Gasteiger charge is -2.55. The van der Waals surface area contributed by atoms with E-state index >= 15 is 0 Å². The second-order valence-electron chi connectivity index (χ2n) is 9.20. The summed E-state index contributed by atoms with van der Waals surface area (Å²) in [5.41, 5.74) is 2.34. The predicted octanol–water partition coefficient (Wildman–Crippen LogP) is 2.98. The van der Waals surface area contributed by atoms with Crippen molar-refractivity contribution in [2.45, 2.75) is 57.0 Å². The molecule has 3 aliphatic rings. The Morgan fingerprint density at radius 3 is 2.65 bits per heavy atom. The van der Waals surface area contributed by atoms with Gasteiger partial charge in [-0.3, -0.25) is 4.79 Å². The number of nitrogens with zero attached hydrogens (tertiary/aromatic N) is 3. The number of amides is 1. The van der Waals surface area contributed by atoms with E-state index in [2.05, 4.69) is 17.2 Å². The van der Waals surface area contributed by atoms with Crippen LogP contribution < -0.4 is 0 Å². The highest BCUT2D eigenvalue weighted by Gasteiger charge is 2.51. The van der Waals surface area contributed by atoms with Crippen molar-refractivity contribution in [3.8, 4) is 0 Å². The Kier molecular flexibility index (Phi) is 3.48. The van der Waals surface area contributed by atoms with Crippen LogP contribution in [0.4, 0.5) is 0 Å². The van der Waals surface area contributed by atoms with Crippen molar-refractivity contribution in [1.82, 2.24) is 14.5 Å². The van der Waals surface area contributed by atoms with Crippen molar-refractivity contribution >= 4 is 11.4 Å². The van der Waals surface area contributed by atoms with Gasteiger partial charge in [0.25, 0.3) is 0 Å². The van der Waals surface area contributed by atoms with E-state index in [1.54, 1.807) is 0 Å². The van der Waals surface area contributed by atoms with E-state index in [1.165, 1.54) is 36.8 Å². The Balaban J connectivity index is 1.19. The van der Waals surface area contributed by atoms with Gasteiger partial charge in [0.1, 0.15) is 0 Å². The van der Waals surface area contributed by atoms with Crippen LogP contribution in [0, 0.1) is 11.3 Å². The summed E-state index contributed by atoms with van der Waals surface area (Å²) in [5.74, 6) is 0.913. The van der Waals surface area contributed by atoms with Crippen LogP contribution in [0.5, 0.6) is 0 Å². The minimum absolute atomic E-state index is 0.0532. The van der Waals surface area contributed by atoms with Gasteiger partial charge < -0.3 is 10.0 Å². The molecule has 1 N–H and O–H groups in total. The third-order valence-corrected chi connectivity index (χ3v) is 7.03. The zero-order valence-corrected chi connectivity index (χ0v) is 15.4. The molecule has 0 unspecified atom stereocenters. The second-order valence-corrected chi connectivity index (χ2v) is 9.20. The zero-order chi connectivity index (χ0) is 17.9. The lowest BCUT2D eigenvalue weighted by atomic mass is 9.64. The standard InChI is InChI=1S/C21H27N3O2/c1-20(26)10-16(11-20)19(25)23-13-21(14-23)7-5-15(6-8-21)17-12-22-24-9-3-2-4-18(17)24/h2-4,9,12,15-16,26H,5-8,10-11,13-14H2,1H3. The summed E-state index contributed by atoms with van der Waals surface area (Å²) in [5, 5.41) is 14.4. The van der Waals surface area contributed by atoms with Gasteiger partial charge in [-0.1, -0.05) is 6.07 Å². The lowest BCUT2D eigenvalue weighted by Crippen LogP contribution is -2.62. The highest BCUT2D eigenvalue weighted by atomic mass is 16.3. The molecular weight excluding hydrogens is 326 g/mol. The van der Waals surface area contributed by atoms with E-state index < -0.39 is 5.60 Å². The number of hydrogen-bond acceptors (Lipinski definition) is 3. The number of carbonyl (C=O) groups is 1. The molecule has 1 amide bonds. The number of fused-ring (bicyclic) bond motifs is 1. The van der Waals surface area contributed by atoms with Crippen LogP contribution in [0.25, 0.3) is 5.52 Å². The summed E-state index contributed by atoms with van der Waals surface area (Å²) in [7, 11) is 0. The third kappa shape index (κ3) is 2.56. The van der Waals surface area contributed by atoms with Crippen molar-refractivity contribution < 1.29 is 9.90 Å². The first-order valence-corrected chi connectivity index (χ1v) is 9.88. The van der Waals surface area contributed by atoms with Gasteiger partial charge in [-0.15, -0.1) is 0 Å². The first-order chi connectivity index (χ1) is 12.4. The van der Waals surface area contributed by atoms with Gasteiger partial charge in [0.15, 0.2) is 0 Å². The molecule has 2 aromatic rings. The van der Waals surface area contributed by atoms with Crippen LogP contribution in [0.1, 0.15) is 56.9 Å². The fourth-order valence-corrected chi connectivity index (χ4v) is 5.48. The molecule has 138 valence electrons. The van der Waals surface area contributed by atoms with E-state index in [-0.39, 0.29) is 11.8 Å². The molecule has 0 atom stereocenters. The molecular formula is C21H27N3O2. The summed E-state index contributed by atoms with van der Waals surface area (Å²) >= 11 is 0. The smallest absolute Gasteiger partial charge is 0.225 e. The molecule has 5 rings (SSSR count). The van der Waals surface area contributed by atoms with Crippen molar-refractivity contribution in [3.63, 3.8) is 0 Å². The van der Waals surface area contributed by atoms with E-state index in [4.69, 9.17) is 0 Å². The molecule has 3 fully saturated rings. The number of rotatable bonds is 2. The van der Waals surface area contributed by atoms with E-state index in [0.717, 1.165) is 13.1 Å². The molecule has 1 saturated heterocycles. The molecule has 3 heterocycles. The lowest BCUT2D eigenvalue weighted by molar-refractivity contribution is -0.163. The Labute approximate surface area is 154 Å². The molecule has 0 radical (unpaired) electrons. The van der Waals surface area contributed by atoms with Gasteiger partial charge >= 0.3 is 0 Å². The number of carbonyl (C=O) groups excluding carboxylic acids is 1. The Morgan fingerprint density at radius 1 is 1.23 bits per heavy atom. The number of likely N-dealkylation sites (tertiary alicyclic amines) is 1. The zero-order valence-electron chi connectivity index (χ0n) is 15.4. The van der Waals surface area contributed by atoms with Gasteiger partial charge in [-0.2, -0.15) is 5.10 Å². The fraction of sp³-hybridized carbons (Fsp3) is 0.619. The molecule has 5 heteroatoms. The maximum atomic E-state index is 12.5. The summed E-state index contributed by atoms with van der Waals surface area (Å²) in [6, 6.07) is 6.25. The monoisotopic (exact) mass is 353 g/mol. The molecule has 1 spiro atoms. The second kappa shape index (κ2) is 5.56. The SMILES string of the molecule is CC1(O)CC(C(=O)N2CC3(CCC(c4cnn5ccccc45)CC3)C2)C1. The quantitative estimate of drug-likeness (QED) is 0.903. The number of pyridine rings is 1. The normalized spacial score (nSPS) is 31.0. The van der Waals surface area contributed by atoms with Crippen LogP contribution in [-0.2, 0) is 4.79 Å². The van der Waals surface area contributed by atoms with Crippen LogP contribution in [0.3, 0.4) is 0 Å². The Hall–Kier alpha value is -1.88. The summed E-state index contributed by atoms with van der Waals surface area (Å²) < 4.78 is 1.97. The molecule has 2 aliphatic carbocycles. The molecule has 26 heavy (non-hydrogen) atoms. The number of aliphatic hydroxyl groups is 1. The summed E-state index contributed by atoms with van der Waals surface area (Å²) in [6.07, 6.45) is 10.1. The predicted molar refractivity (Wildman–Crippen MR) is 98.8 cm³/mol. The van der Waals surface area contributed by atoms with E-state index in [9.17, 15) is 9.90 Å². The van der Waals surface area contributed by atoms with Gasteiger partial charge in [0.05, 0.1) is 17.3 Å². The molecule has 2 saturated carbocycles. The molecule has 5 nitrogen and oxygen atoms in total. The number of hydrogen-bond donors (Lipinski definition) is 1. The van der Waals surface area contributed by atoms with E-state index in [1.807, 2.05) is 34.8 Å². The summed E-state index contributed by atoms with van der Waals surface area (Å²) in [4.78, 5) is 14.6. The fourth-order valence-electron chi connectivity index (χ4n) is 5.48. The maximum Gasteiger partial charge on any atom is 0.225 e. The average Bonchev–Trinajstić information content (AvgIpc) is 3.01. The first-order valence-electron chi connectivity index (χ1n) is 9.88. The van der Waals surface area contributed by atoms with Gasteiger partial charge in [0.2, 0.25) is 5.91 Å².